The van der Waals surface area contributed by atoms with E-state index in [2.05, 4.69) is 4.72 Å². The van der Waals surface area contributed by atoms with Crippen LogP contribution in [0.1, 0.15) is 19.4 Å². The Bertz CT molecular complexity index is 897. The Morgan fingerprint density at radius 1 is 0.957 bits per heavy atom. The molecule has 0 aliphatic heterocycles. The normalized spacial score (nSPS) is 11.5. The lowest BCUT2D eigenvalue weighted by molar-refractivity contribution is 0.104. The number of sulfonamides is 1. The van der Waals surface area contributed by atoms with Crippen LogP contribution in [0.15, 0.2) is 64.9 Å². The summed E-state index contributed by atoms with van der Waals surface area (Å²) < 4.78 is 26.9. The summed E-state index contributed by atoms with van der Waals surface area (Å²) in [5.41, 5.74) is 0. The molecule has 0 atom stereocenters. The van der Waals surface area contributed by atoms with E-state index in [4.69, 9.17) is 0 Å². The predicted octanol–water partition coefficient (Wildman–Crippen LogP) is 3.52. The Kier molecular flexibility index (Phi) is 4.72. The molecule has 2 heterocycles. The van der Waals surface area contributed by atoms with Gasteiger partial charge in [0.2, 0.25) is 15.8 Å². The fourth-order valence-electron chi connectivity index (χ4n) is 1.97. The molecular formula is C16H13NO3S3. The monoisotopic (exact) mass is 363 g/mol. The summed E-state index contributed by atoms with van der Waals surface area (Å²) in [7, 11) is -3.54. The summed E-state index contributed by atoms with van der Waals surface area (Å²) in [6.07, 6.45) is 0. The smallest absolute Gasteiger partial charge is 0.240 e. The van der Waals surface area contributed by atoms with E-state index in [1.807, 2.05) is 11.4 Å². The quantitative estimate of drug-likeness (QED) is 0.682. The van der Waals surface area contributed by atoms with Crippen molar-refractivity contribution in [3.63, 3.8) is 0 Å². The molecule has 0 bridgehead atoms. The second kappa shape index (κ2) is 6.76. The zero-order valence-corrected chi connectivity index (χ0v) is 14.4. The van der Waals surface area contributed by atoms with E-state index in [1.165, 1.54) is 22.7 Å². The third kappa shape index (κ3) is 3.76. The maximum atomic E-state index is 12.2. The minimum absolute atomic E-state index is 0.0258. The number of carbonyl (C=O) groups is 1. The number of hydrogen-bond donors (Lipinski definition) is 1. The summed E-state index contributed by atoms with van der Waals surface area (Å²) in [4.78, 5) is 14.5. The minimum Gasteiger partial charge on any atom is -0.287 e. The molecule has 0 radical (unpaired) electrons. The fourth-order valence-corrected chi connectivity index (χ4v) is 4.74. The van der Waals surface area contributed by atoms with Gasteiger partial charge in [0.25, 0.3) is 0 Å². The standard InChI is InChI=1S/C16H13NO3S3/c18-16(14-7-4-10-21-14)15-9-8-12(22-15)11-17-23(19,20)13-5-2-1-3-6-13/h1-10,17H,11H2. The highest BCUT2D eigenvalue weighted by Gasteiger charge is 2.16. The number of ketones is 1. The van der Waals surface area contributed by atoms with Crippen LogP contribution < -0.4 is 4.72 Å². The number of hydrogen-bond acceptors (Lipinski definition) is 5. The van der Waals surface area contributed by atoms with Crippen LogP contribution in [0.4, 0.5) is 0 Å². The summed E-state index contributed by atoms with van der Waals surface area (Å²) in [6.45, 7) is 0.166. The van der Waals surface area contributed by atoms with Crippen LogP contribution in [0.25, 0.3) is 0 Å². The highest BCUT2D eigenvalue weighted by molar-refractivity contribution is 7.89. The van der Waals surface area contributed by atoms with Crippen molar-refractivity contribution in [3.8, 4) is 0 Å². The third-order valence-electron chi connectivity index (χ3n) is 3.12. The van der Waals surface area contributed by atoms with Gasteiger partial charge < -0.3 is 0 Å². The molecule has 0 saturated carbocycles. The minimum atomic E-state index is -3.54. The van der Waals surface area contributed by atoms with Gasteiger partial charge in [-0.05, 0) is 35.7 Å². The molecule has 0 fully saturated rings. The molecule has 0 amide bonds. The van der Waals surface area contributed by atoms with Gasteiger partial charge in [-0.25, -0.2) is 13.1 Å². The predicted molar refractivity (Wildman–Crippen MR) is 92.5 cm³/mol. The van der Waals surface area contributed by atoms with Crippen LogP contribution in [0, 0.1) is 0 Å². The summed E-state index contributed by atoms with van der Waals surface area (Å²) in [6, 6.07) is 15.3. The molecule has 7 heteroatoms. The maximum Gasteiger partial charge on any atom is 0.240 e. The second-order valence-electron chi connectivity index (χ2n) is 4.71. The SMILES string of the molecule is O=C(c1cccs1)c1ccc(CNS(=O)(=O)c2ccccc2)s1. The zero-order valence-electron chi connectivity index (χ0n) is 11.9. The zero-order chi connectivity index (χ0) is 16.3. The van der Waals surface area contributed by atoms with Crippen molar-refractivity contribution >= 4 is 38.5 Å². The Morgan fingerprint density at radius 2 is 1.74 bits per heavy atom. The molecule has 23 heavy (non-hydrogen) atoms. The van der Waals surface area contributed by atoms with Crippen LogP contribution in [-0.2, 0) is 16.6 Å². The Labute approximate surface area is 142 Å². The van der Waals surface area contributed by atoms with E-state index in [1.54, 1.807) is 48.5 Å². The molecule has 118 valence electrons. The van der Waals surface area contributed by atoms with Crippen molar-refractivity contribution in [1.82, 2.24) is 4.72 Å². The molecule has 1 N–H and O–H groups in total. The van der Waals surface area contributed by atoms with Crippen molar-refractivity contribution in [3.05, 3.63) is 74.6 Å². The molecule has 3 rings (SSSR count). The summed E-state index contributed by atoms with van der Waals surface area (Å²) >= 11 is 2.70. The molecule has 3 aromatic rings. The van der Waals surface area contributed by atoms with E-state index in [0.29, 0.717) is 9.75 Å². The van der Waals surface area contributed by atoms with Crippen molar-refractivity contribution in [2.24, 2.45) is 0 Å². The number of thiophene rings is 2. The van der Waals surface area contributed by atoms with E-state index >= 15 is 0 Å². The molecule has 0 unspecified atom stereocenters. The fraction of sp³-hybridized carbons (Fsp3) is 0.0625. The van der Waals surface area contributed by atoms with Gasteiger partial charge in [-0.15, -0.1) is 22.7 Å². The number of carbonyl (C=O) groups excluding carboxylic acids is 1. The summed E-state index contributed by atoms with van der Waals surface area (Å²) in [5, 5.41) is 1.86. The largest absolute Gasteiger partial charge is 0.287 e. The third-order valence-corrected chi connectivity index (χ3v) is 6.49. The van der Waals surface area contributed by atoms with E-state index < -0.39 is 10.0 Å². The van der Waals surface area contributed by atoms with Crippen molar-refractivity contribution in [2.45, 2.75) is 11.4 Å². The first kappa shape index (κ1) is 16.1. The Balaban J connectivity index is 1.69. The molecule has 0 spiro atoms. The van der Waals surface area contributed by atoms with Gasteiger partial charge in [-0.1, -0.05) is 24.3 Å². The average Bonchev–Trinajstić information content (AvgIpc) is 3.25. The van der Waals surface area contributed by atoms with Gasteiger partial charge in [0, 0.05) is 11.4 Å². The topological polar surface area (TPSA) is 63.2 Å². The number of rotatable bonds is 6. The Hall–Kier alpha value is -1.80. The van der Waals surface area contributed by atoms with Crippen molar-refractivity contribution < 1.29 is 13.2 Å². The van der Waals surface area contributed by atoms with E-state index in [0.717, 1.165) is 4.88 Å². The molecule has 1 aromatic carbocycles. The van der Waals surface area contributed by atoms with Gasteiger partial charge in [0.1, 0.15) is 0 Å². The lowest BCUT2D eigenvalue weighted by atomic mass is 10.3. The van der Waals surface area contributed by atoms with Crippen LogP contribution in [0.5, 0.6) is 0 Å². The van der Waals surface area contributed by atoms with E-state index in [-0.39, 0.29) is 17.2 Å². The van der Waals surface area contributed by atoms with E-state index in [9.17, 15) is 13.2 Å². The molecule has 0 aliphatic rings. The van der Waals surface area contributed by atoms with Gasteiger partial charge in [0.05, 0.1) is 14.6 Å². The molecule has 0 saturated heterocycles. The molecular weight excluding hydrogens is 350 g/mol. The van der Waals surface area contributed by atoms with Crippen LogP contribution >= 0.6 is 22.7 Å². The first-order chi connectivity index (χ1) is 11.1. The van der Waals surface area contributed by atoms with Crippen LogP contribution in [-0.4, -0.2) is 14.2 Å². The number of benzene rings is 1. The first-order valence-electron chi connectivity index (χ1n) is 6.78. The lowest BCUT2D eigenvalue weighted by Crippen LogP contribution is -2.22. The van der Waals surface area contributed by atoms with Gasteiger partial charge >= 0.3 is 0 Å². The lowest BCUT2D eigenvalue weighted by Gasteiger charge is -2.05. The van der Waals surface area contributed by atoms with Crippen molar-refractivity contribution in [2.75, 3.05) is 0 Å². The second-order valence-corrected chi connectivity index (χ2v) is 8.59. The number of nitrogens with one attached hydrogen (secondary N) is 1. The first-order valence-corrected chi connectivity index (χ1v) is 9.96. The van der Waals surface area contributed by atoms with Gasteiger partial charge in [-0.2, -0.15) is 0 Å². The van der Waals surface area contributed by atoms with Crippen molar-refractivity contribution in [1.29, 1.82) is 0 Å². The molecule has 2 aromatic heterocycles. The maximum absolute atomic E-state index is 12.2. The molecule has 0 aliphatic carbocycles. The Morgan fingerprint density at radius 3 is 2.43 bits per heavy atom. The highest BCUT2D eigenvalue weighted by Crippen LogP contribution is 2.22. The average molecular weight is 363 g/mol. The van der Waals surface area contributed by atoms with Crippen LogP contribution in [0.2, 0.25) is 0 Å². The highest BCUT2D eigenvalue weighted by atomic mass is 32.2. The molecule has 4 nitrogen and oxygen atoms in total. The van der Waals surface area contributed by atoms with Gasteiger partial charge in [0.15, 0.2) is 0 Å². The van der Waals surface area contributed by atoms with Crippen LogP contribution in [0.3, 0.4) is 0 Å². The van der Waals surface area contributed by atoms with Gasteiger partial charge in [-0.3, -0.25) is 4.79 Å². The summed E-state index contributed by atoms with van der Waals surface area (Å²) in [5.74, 6) is -0.0258.